The molecule has 6 aromatic heterocycles. The van der Waals surface area contributed by atoms with Gasteiger partial charge in [0.05, 0.1) is 55.2 Å². The zero-order valence-electron chi connectivity index (χ0n) is 63.9. The lowest BCUT2D eigenvalue weighted by Gasteiger charge is -2.22. The van der Waals surface area contributed by atoms with E-state index in [4.69, 9.17) is 19.9 Å². The molecular formula is C109H68N8. The van der Waals surface area contributed by atoms with E-state index in [1.54, 1.807) is 0 Å². The number of para-hydroxylation sites is 6. The smallest absolute Gasteiger partial charge is 0.162 e. The lowest BCUT2D eigenvalue weighted by molar-refractivity contribution is 0.660. The predicted molar refractivity (Wildman–Crippen MR) is 490 cm³/mol. The lowest BCUT2D eigenvalue weighted by Crippen LogP contribution is -2.15. The van der Waals surface area contributed by atoms with Crippen molar-refractivity contribution in [1.29, 1.82) is 0 Å². The molecule has 0 radical (unpaired) electrons. The van der Waals surface area contributed by atoms with Crippen molar-refractivity contribution >= 4 is 174 Å². The summed E-state index contributed by atoms with van der Waals surface area (Å²) in [7, 11) is 0. The minimum absolute atomic E-state index is 0.124. The molecule has 0 aliphatic heterocycles. The molecule has 0 spiro atoms. The van der Waals surface area contributed by atoms with Gasteiger partial charge in [0.2, 0.25) is 0 Å². The molecule has 0 fully saturated rings. The third-order valence-corrected chi connectivity index (χ3v) is 25.3. The molecule has 1 aliphatic carbocycles. The predicted octanol–water partition coefficient (Wildman–Crippen LogP) is 28.2. The topological polar surface area (TPSA) is 71.3 Å². The monoisotopic (exact) mass is 1490 g/mol. The van der Waals surface area contributed by atoms with Crippen LogP contribution in [0.2, 0.25) is 0 Å². The first-order chi connectivity index (χ1) is 57.8. The third kappa shape index (κ3) is 9.70. The fourth-order valence-electron chi connectivity index (χ4n) is 19.9. The second-order valence-electron chi connectivity index (χ2n) is 32.0. The summed E-state index contributed by atoms with van der Waals surface area (Å²) in [5, 5.41) is 26.5. The second-order valence-corrected chi connectivity index (χ2v) is 32.0. The molecule has 0 saturated carbocycles. The molecule has 8 nitrogen and oxygen atoms in total. The van der Waals surface area contributed by atoms with Crippen LogP contribution in [0.25, 0.3) is 231 Å². The molecule has 8 heteroatoms. The normalized spacial score (nSPS) is 12.8. The van der Waals surface area contributed by atoms with E-state index in [2.05, 4.69) is 408 Å². The van der Waals surface area contributed by atoms with Gasteiger partial charge < -0.3 is 9.13 Å². The van der Waals surface area contributed by atoms with Gasteiger partial charge in [0, 0.05) is 81.8 Å². The van der Waals surface area contributed by atoms with Gasteiger partial charge in [-0.3, -0.25) is 9.13 Å². The van der Waals surface area contributed by atoms with Crippen LogP contribution in [0.3, 0.4) is 0 Å². The van der Waals surface area contributed by atoms with Crippen LogP contribution in [0.1, 0.15) is 25.0 Å². The van der Waals surface area contributed by atoms with Gasteiger partial charge in [-0.1, -0.05) is 269 Å². The highest BCUT2D eigenvalue weighted by atomic mass is 15.1. The average Bonchev–Trinajstić information content (AvgIpc) is 1.48. The van der Waals surface area contributed by atoms with Gasteiger partial charge in [0.25, 0.3) is 0 Å². The largest absolute Gasteiger partial charge is 0.309 e. The molecule has 117 heavy (non-hydrogen) atoms. The lowest BCUT2D eigenvalue weighted by atomic mass is 9.82. The van der Waals surface area contributed by atoms with E-state index in [1.807, 2.05) is 0 Å². The zero-order chi connectivity index (χ0) is 76.9. The van der Waals surface area contributed by atoms with Gasteiger partial charge >= 0.3 is 0 Å². The Morgan fingerprint density at radius 3 is 1.11 bits per heavy atom. The Morgan fingerprint density at radius 1 is 0.205 bits per heavy atom. The van der Waals surface area contributed by atoms with Crippen molar-refractivity contribution < 1.29 is 0 Å². The van der Waals surface area contributed by atoms with E-state index in [0.29, 0.717) is 5.82 Å². The van der Waals surface area contributed by atoms with E-state index >= 15 is 0 Å². The molecule has 0 bridgehead atoms. The van der Waals surface area contributed by atoms with Crippen LogP contribution in [-0.2, 0) is 5.41 Å². The van der Waals surface area contributed by atoms with Crippen LogP contribution in [0.5, 0.6) is 0 Å². The molecule has 0 N–H and O–H groups in total. The highest BCUT2D eigenvalue weighted by Gasteiger charge is 2.36. The molecule has 19 aromatic carbocycles. The minimum atomic E-state index is -0.124. The summed E-state index contributed by atoms with van der Waals surface area (Å²) in [5.41, 5.74) is 20.5. The van der Waals surface area contributed by atoms with Crippen LogP contribution in [-0.4, -0.2) is 38.2 Å². The number of fused-ring (bicyclic) bond motifs is 26. The van der Waals surface area contributed by atoms with E-state index in [0.717, 1.165) is 83.8 Å². The van der Waals surface area contributed by atoms with Gasteiger partial charge in [0.15, 0.2) is 11.6 Å². The molecule has 26 rings (SSSR count). The highest BCUT2D eigenvalue weighted by Crippen LogP contribution is 2.51. The maximum Gasteiger partial charge on any atom is 0.162 e. The SMILES string of the molecule is CC1(C)c2ccccc2-c2ccc(-c3nc(-n4c5ccccc5c5cc6ccc(-n7c8ccccc8c8c9ccccc9ccc87)cc6cc54)c4ccccc4n3)cc21.c1ccc2c(c1)ccc1ccc(-c3nc(-n4c5ccccc5c5cc6ccc(-n7c8ccccc8c8c9ccccc9ccc87)cc6cc54)c4ccccc4n3)cc12. The van der Waals surface area contributed by atoms with E-state index < -0.39 is 0 Å². The molecule has 0 unspecified atom stereocenters. The van der Waals surface area contributed by atoms with Crippen molar-refractivity contribution in [3.05, 3.63) is 387 Å². The third-order valence-electron chi connectivity index (χ3n) is 25.3. The molecule has 0 atom stereocenters. The maximum atomic E-state index is 5.52. The number of rotatable bonds is 6. The highest BCUT2D eigenvalue weighted by molar-refractivity contribution is 6.24. The van der Waals surface area contributed by atoms with E-state index in [9.17, 15) is 0 Å². The Hall–Kier alpha value is -15.4. The van der Waals surface area contributed by atoms with Gasteiger partial charge in [-0.05, 0) is 208 Å². The van der Waals surface area contributed by atoms with Crippen molar-refractivity contribution in [3.8, 4) is 56.9 Å². The minimum Gasteiger partial charge on any atom is -0.309 e. The molecular weight excluding hydrogens is 1420 g/mol. The van der Waals surface area contributed by atoms with Crippen molar-refractivity contribution in [1.82, 2.24) is 38.2 Å². The fourth-order valence-corrected chi connectivity index (χ4v) is 19.9. The van der Waals surface area contributed by atoms with E-state index in [-0.39, 0.29) is 5.41 Å². The Balaban J connectivity index is 0.000000131. The summed E-state index contributed by atoms with van der Waals surface area (Å²) in [6.45, 7) is 4.65. The Labute approximate surface area is 670 Å². The van der Waals surface area contributed by atoms with Crippen molar-refractivity contribution in [2.24, 2.45) is 0 Å². The van der Waals surface area contributed by atoms with Crippen molar-refractivity contribution in [3.63, 3.8) is 0 Å². The van der Waals surface area contributed by atoms with Gasteiger partial charge in [-0.15, -0.1) is 0 Å². The standard InChI is InChI=1S/C55H36N4.C54H32N4/c1-55(2)45-19-9-5-15-39(45)40-27-24-35(31-46(40)55)53-56-47-20-10-6-17-42(47)54(57-53)59-48-21-11-7-16-41(48)44-30-34-23-26-37(29-36(34)32-51(44)59)58-49-22-12-8-18-43(49)52-38-14-4-3-13-33(38)25-28-50(52)58;1-3-13-40-33(11-1)21-22-35-23-24-37(31-45(35)40)53-55-47-18-8-5-16-43(47)54(56-53)58-48-19-9-6-15-42(48)46-30-36-25-27-39(29-38(36)32-51(46)58)57-49-20-10-7-17-44(49)52-41-14-4-2-12-34(41)26-28-50(52)57/h3-32H,1-2H3;1-32H. The first kappa shape index (κ1) is 65.2. The summed E-state index contributed by atoms with van der Waals surface area (Å²) in [6, 6.07) is 137. The molecule has 544 valence electrons. The Kier molecular flexibility index (Phi) is 13.8. The molecule has 0 saturated heterocycles. The van der Waals surface area contributed by atoms with Crippen LogP contribution < -0.4 is 0 Å². The number of benzene rings is 19. The van der Waals surface area contributed by atoms with Gasteiger partial charge in [0.1, 0.15) is 11.6 Å². The summed E-state index contributed by atoms with van der Waals surface area (Å²) in [5.74, 6) is 3.18. The number of nitrogens with zero attached hydrogens (tertiary/aromatic N) is 8. The summed E-state index contributed by atoms with van der Waals surface area (Å²) in [4.78, 5) is 21.4. The second kappa shape index (κ2) is 24.8. The fraction of sp³-hybridized carbons (Fsp3) is 0.0275. The number of hydrogen-bond donors (Lipinski definition) is 0. The van der Waals surface area contributed by atoms with Gasteiger partial charge in [-0.25, -0.2) is 19.9 Å². The summed E-state index contributed by atoms with van der Waals surface area (Å²) >= 11 is 0. The first-order valence-electron chi connectivity index (χ1n) is 40.2. The van der Waals surface area contributed by atoms with Crippen LogP contribution in [0.4, 0.5) is 0 Å². The van der Waals surface area contributed by atoms with Crippen LogP contribution in [0.15, 0.2) is 376 Å². The summed E-state index contributed by atoms with van der Waals surface area (Å²) < 4.78 is 9.57. The summed E-state index contributed by atoms with van der Waals surface area (Å²) in [6.07, 6.45) is 0. The first-order valence-corrected chi connectivity index (χ1v) is 40.2. The Bertz CT molecular complexity index is 8640. The average molecular weight is 1490 g/mol. The molecule has 1 aliphatic rings. The quantitative estimate of drug-likeness (QED) is 0.156. The number of hydrogen-bond acceptors (Lipinski definition) is 4. The van der Waals surface area contributed by atoms with Crippen LogP contribution in [0, 0.1) is 0 Å². The van der Waals surface area contributed by atoms with E-state index in [1.165, 1.54) is 152 Å². The zero-order valence-corrected chi connectivity index (χ0v) is 63.9. The van der Waals surface area contributed by atoms with Crippen molar-refractivity contribution in [2.75, 3.05) is 0 Å². The van der Waals surface area contributed by atoms with Gasteiger partial charge in [-0.2, -0.15) is 0 Å². The molecule has 25 aromatic rings. The number of aromatic nitrogens is 8. The Morgan fingerprint density at radius 2 is 0.581 bits per heavy atom. The molecule has 6 heterocycles. The van der Waals surface area contributed by atoms with Crippen molar-refractivity contribution in [2.45, 2.75) is 19.3 Å². The maximum absolute atomic E-state index is 5.52. The molecule has 0 amide bonds. The van der Waals surface area contributed by atoms with Crippen LogP contribution >= 0.6 is 0 Å².